The molecule has 0 aliphatic rings. The minimum Gasteiger partial charge on any atom is -0.478 e. The topological polar surface area (TPSA) is 84.9 Å². The number of nitrogens with one attached hydrogen (secondary N) is 1. The summed E-state index contributed by atoms with van der Waals surface area (Å²) in [4.78, 5) is 27.3. The van der Waals surface area contributed by atoms with Crippen LogP contribution in [-0.4, -0.2) is 23.3 Å². The lowest BCUT2D eigenvalue weighted by Crippen LogP contribution is -2.34. The van der Waals surface area contributed by atoms with E-state index in [0.29, 0.717) is 0 Å². The number of carbonyl (C=O) groups excluding carboxylic acids is 1. The van der Waals surface area contributed by atoms with Gasteiger partial charge in [-0.05, 0) is 26.0 Å². The lowest BCUT2D eigenvalue weighted by atomic mass is 10.2. The molecule has 1 unspecified atom stereocenters. The highest BCUT2D eigenvalue weighted by molar-refractivity contribution is 5.90. The van der Waals surface area contributed by atoms with Crippen LogP contribution < -0.4 is 10.3 Å². The Kier molecular flexibility index (Phi) is 5.08. The third kappa shape index (κ3) is 4.44. The van der Waals surface area contributed by atoms with Crippen LogP contribution in [0.1, 0.15) is 24.2 Å². The van der Waals surface area contributed by atoms with E-state index in [1.807, 2.05) is 0 Å². The second kappa shape index (κ2) is 6.55. The maximum Gasteiger partial charge on any atom is 0.339 e. The van der Waals surface area contributed by atoms with Gasteiger partial charge >= 0.3 is 11.9 Å². The number of carbonyl (C=O) groups is 2. The number of ether oxygens (including phenoxy) is 1. The van der Waals surface area contributed by atoms with Crippen molar-refractivity contribution < 1.29 is 24.3 Å². The normalized spacial score (nSPS) is 11.5. The largest absolute Gasteiger partial charge is 0.478 e. The number of rotatable bonds is 6. The van der Waals surface area contributed by atoms with E-state index in [1.54, 1.807) is 19.1 Å². The molecular formula is C13H15NO5. The van der Waals surface area contributed by atoms with Gasteiger partial charge in [0.2, 0.25) is 0 Å². The van der Waals surface area contributed by atoms with E-state index < -0.39 is 18.2 Å². The summed E-state index contributed by atoms with van der Waals surface area (Å²) < 4.78 is 4.91. The molecule has 0 aliphatic carbocycles. The van der Waals surface area contributed by atoms with E-state index >= 15 is 0 Å². The zero-order chi connectivity index (χ0) is 14.4. The molecule has 0 amide bonds. The van der Waals surface area contributed by atoms with E-state index in [1.165, 1.54) is 19.1 Å². The van der Waals surface area contributed by atoms with Gasteiger partial charge < -0.3 is 14.7 Å². The van der Waals surface area contributed by atoms with Crippen LogP contribution in [0.15, 0.2) is 36.4 Å². The van der Waals surface area contributed by atoms with Crippen molar-refractivity contribution in [2.75, 3.05) is 0 Å². The van der Waals surface area contributed by atoms with Crippen LogP contribution in [0.4, 0.5) is 0 Å². The third-order valence-corrected chi connectivity index (χ3v) is 2.08. The SMILES string of the molecule is C=C(C)C(=O)OC(C)NOc1ccccc1C(=O)O. The zero-order valence-electron chi connectivity index (χ0n) is 10.7. The summed E-state index contributed by atoms with van der Waals surface area (Å²) in [5, 5.41) is 8.94. The highest BCUT2D eigenvalue weighted by Gasteiger charge is 2.13. The van der Waals surface area contributed by atoms with Crippen LogP contribution >= 0.6 is 0 Å². The van der Waals surface area contributed by atoms with Crippen LogP contribution in [0.25, 0.3) is 0 Å². The van der Waals surface area contributed by atoms with Gasteiger partial charge in [-0.1, -0.05) is 18.7 Å². The van der Waals surface area contributed by atoms with Crippen molar-refractivity contribution in [1.82, 2.24) is 5.48 Å². The molecule has 0 bridgehead atoms. The van der Waals surface area contributed by atoms with Crippen LogP contribution in [0.3, 0.4) is 0 Å². The maximum atomic E-state index is 11.2. The van der Waals surface area contributed by atoms with Gasteiger partial charge in [-0.3, -0.25) is 0 Å². The molecule has 102 valence electrons. The quantitative estimate of drug-likeness (QED) is 0.352. The number of aromatic carboxylic acids is 1. The maximum absolute atomic E-state index is 11.2. The highest BCUT2D eigenvalue weighted by atomic mass is 16.7. The fourth-order valence-corrected chi connectivity index (χ4v) is 1.16. The Morgan fingerprint density at radius 1 is 1.37 bits per heavy atom. The first-order valence-electron chi connectivity index (χ1n) is 5.53. The molecule has 0 saturated carbocycles. The number of hydroxylamine groups is 1. The lowest BCUT2D eigenvalue weighted by Gasteiger charge is -2.16. The number of hydrogen-bond acceptors (Lipinski definition) is 5. The molecule has 0 heterocycles. The molecule has 6 heteroatoms. The average molecular weight is 265 g/mol. The Morgan fingerprint density at radius 3 is 2.58 bits per heavy atom. The highest BCUT2D eigenvalue weighted by Crippen LogP contribution is 2.16. The van der Waals surface area contributed by atoms with Crippen LogP contribution in [0.5, 0.6) is 5.75 Å². The van der Waals surface area contributed by atoms with Crippen LogP contribution in [0, 0.1) is 0 Å². The van der Waals surface area contributed by atoms with Gasteiger partial charge in [-0.2, -0.15) is 0 Å². The second-order valence-electron chi connectivity index (χ2n) is 3.85. The second-order valence-corrected chi connectivity index (χ2v) is 3.85. The number of benzene rings is 1. The molecule has 0 aromatic heterocycles. The first kappa shape index (κ1) is 14.7. The van der Waals surface area contributed by atoms with E-state index in [0.717, 1.165) is 0 Å². The fraction of sp³-hybridized carbons (Fsp3) is 0.231. The van der Waals surface area contributed by atoms with E-state index in [4.69, 9.17) is 14.7 Å². The Labute approximate surface area is 110 Å². The summed E-state index contributed by atoms with van der Waals surface area (Å²) in [6.07, 6.45) is -0.744. The van der Waals surface area contributed by atoms with Crippen LogP contribution in [0.2, 0.25) is 0 Å². The van der Waals surface area contributed by atoms with Gasteiger partial charge in [0.1, 0.15) is 5.56 Å². The monoisotopic (exact) mass is 265 g/mol. The molecule has 1 aromatic rings. The average Bonchev–Trinajstić information content (AvgIpc) is 2.36. The number of para-hydroxylation sites is 1. The Balaban J connectivity index is 2.60. The Hall–Kier alpha value is -2.34. The predicted molar refractivity (Wildman–Crippen MR) is 67.5 cm³/mol. The first-order valence-corrected chi connectivity index (χ1v) is 5.53. The van der Waals surface area contributed by atoms with Crippen molar-refractivity contribution in [2.24, 2.45) is 0 Å². The Morgan fingerprint density at radius 2 is 2.00 bits per heavy atom. The van der Waals surface area contributed by atoms with E-state index in [9.17, 15) is 9.59 Å². The number of carboxylic acid groups (broad SMARTS) is 1. The van der Waals surface area contributed by atoms with E-state index in [2.05, 4.69) is 12.1 Å². The van der Waals surface area contributed by atoms with Gasteiger partial charge in [-0.15, -0.1) is 5.48 Å². The first-order chi connectivity index (χ1) is 8.91. The Bertz CT molecular complexity index is 498. The molecule has 19 heavy (non-hydrogen) atoms. The van der Waals surface area contributed by atoms with Crippen LogP contribution in [-0.2, 0) is 9.53 Å². The summed E-state index contributed by atoms with van der Waals surface area (Å²) in [7, 11) is 0. The van der Waals surface area contributed by atoms with Gasteiger partial charge in [0.15, 0.2) is 12.0 Å². The standard InChI is InChI=1S/C13H15NO5/c1-8(2)13(17)18-9(3)14-19-11-7-5-4-6-10(11)12(15)16/h4-7,9,14H,1H2,2-3H3,(H,15,16). The van der Waals surface area contributed by atoms with Gasteiger partial charge in [0.05, 0.1) is 0 Å². The molecule has 0 aliphatic heterocycles. The lowest BCUT2D eigenvalue weighted by molar-refractivity contribution is -0.149. The molecule has 0 fully saturated rings. The summed E-state index contributed by atoms with van der Waals surface area (Å²) in [6, 6.07) is 6.11. The zero-order valence-corrected chi connectivity index (χ0v) is 10.7. The molecule has 0 saturated heterocycles. The summed E-state index contributed by atoms with van der Waals surface area (Å²) in [6.45, 7) is 6.51. The minimum absolute atomic E-state index is 0.00780. The van der Waals surface area contributed by atoms with Gasteiger partial charge in [-0.25, -0.2) is 9.59 Å². The predicted octanol–water partition coefficient (Wildman–Crippen LogP) is 1.73. The molecule has 0 radical (unpaired) electrons. The smallest absolute Gasteiger partial charge is 0.339 e. The van der Waals surface area contributed by atoms with Crippen molar-refractivity contribution in [3.63, 3.8) is 0 Å². The van der Waals surface area contributed by atoms with Crippen molar-refractivity contribution >= 4 is 11.9 Å². The van der Waals surface area contributed by atoms with Crippen molar-refractivity contribution in [1.29, 1.82) is 0 Å². The van der Waals surface area contributed by atoms with Gasteiger partial charge in [0, 0.05) is 5.57 Å². The number of carboxylic acids is 1. The van der Waals surface area contributed by atoms with Gasteiger partial charge in [0.25, 0.3) is 0 Å². The van der Waals surface area contributed by atoms with E-state index in [-0.39, 0.29) is 16.9 Å². The van der Waals surface area contributed by atoms with Crippen molar-refractivity contribution in [2.45, 2.75) is 20.1 Å². The molecular weight excluding hydrogens is 250 g/mol. The minimum atomic E-state index is -1.11. The molecule has 6 nitrogen and oxygen atoms in total. The van der Waals surface area contributed by atoms with Crippen molar-refractivity contribution in [3.8, 4) is 5.75 Å². The molecule has 1 atom stereocenters. The molecule has 1 rings (SSSR count). The van der Waals surface area contributed by atoms with Crippen molar-refractivity contribution in [3.05, 3.63) is 42.0 Å². The molecule has 2 N–H and O–H groups in total. The molecule has 0 spiro atoms. The summed E-state index contributed by atoms with van der Waals surface area (Å²) >= 11 is 0. The number of esters is 1. The third-order valence-electron chi connectivity index (χ3n) is 2.08. The fourth-order valence-electron chi connectivity index (χ4n) is 1.16. The summed E-state index contributed by atoms with van der Waals surface area (Å²) in [5.41, 5.74) is 2.70. The molecule has 1 aromatic carbocycles. The summed E-state index contributed by atoms with van der Waals surface area (Å²) in [5.74, 6) is -1.53. The number of hydrogen-bond donors (Lipinski definition) is 2.